The third-order valence-electron chi connectivity index (χ3n) is 4.00. The normalized spacial score (nSPS) is 10.8. The minimum Gasteiger partial charge on any atom is -0.483 e. The molecule has 2 aromatic carbocycles. The summed E-state index contributed by atoms with van der Waals surface area (Å²) in [5.74, 6) is 0.662. The van der Waals surface area contributed by atoms with E-state index in [0.717, 1.165) is 17.4 Å². The summed E-state index contributed by atoms with van der Waals surface area (Å²) in [5.41, 5.74) is 2.28. The van der Waals surface area contributed by atoms with Gasteiger partial charge in [-0.3, -0.25) is 10.1 Å². The number of carbonyl (C=O) groups is 1. The minimum absolute atomic E-state index is 0.107. The molecule has 2 N–H and O–H groups in total. The van der Waals surface area contributed by atoms with Crippen molar-refractivity contribution in [1.82, 2.24) is 19.7 Å². The van der Waals surface area contributed by atoms with Crippen LogP contribution in [-0.2, 0) is 11.3 Å². The van der Waals surface area contributed by atoms with E-state index in [-0.39, 0.29) is 12.5 Å². The van der Waals surface area contributed by atoms with Crippen molar-refractivity contribution < 1.29 is 9.53 Å². The highest BCUT2D eigenvalue weighted by Gasteiger charge is 2.10. The molecule has 7 nitrogen and oxygen atoms in total. The SMILES string of the molecule is O=C(COc1cccc2c1ccn2Cc1ccccc1)Nc1ncn[nH]1. The molecule has 26 heavy (non-hydrogen) atoms. The summed E-state index contributed by atoms with van der Waals surface area (Å²) < 4.78 is 7.86. The average molecular weight is 347 g/mol. The van der Waals surface area contributed by atoms with Crippen LogP contribution in [0.25, 0.3) is 10.9 Å². The summed E-state index contributed by atoms with van der Waals surface area (Å²) >= 11 is 0. The number of H-pyrrole nitrogens is 1. The van der Waals surface area contributed by atoms with Crippen LogP contribution in [0.15, 0.2) is 67.1 Å². The van der Waals surface area contributed by atoms with Crippen LogP contribution in [0.4, 0.5) is 5.95 Å². The van der Waals surface area contributed by atoms with Crippen molar-refractivity contribution in [3.05, 3.63) is 72.7 Å². The Morgan fingerprint density at radius 2 is 2.00 bits per heavy atom. The number of nitrogens with one attached hydrogen (secondary N) is 2. The van der Waals surface area contributed by atoms with Crippen LogP contribution in [0.1, 0.15) is 5.56 Å². The number of aromatic amines is 1. The fraction of sp³-hybridized carbons (Fsp3) is 0.105. The molecule has 2 heterocycles. The molecule has 0 aliphatic heterocycles. The van der Waals surface area contributed by atoms with Crippen molar-refractivity contribution in [2.24, 2.45) is 0 Å². The molecule has 0 radical (unpaired) electrons. The lowest BCUT2D eigenvalue weighted by molar-refractivity contribution is -0.118. The Morgan fingerprint density at radius 1 is 1.12 bits per heavy atom. The second-order valence-electron chi connectivity index (χ2n) is 5.79. The van der Waals surface area contributed by atoms with Crippen molar-refractivity contribution in [2.45, 2.75) is 6.54 Å². The lowest BCUT2D eigenvalue weighted by Gasteiger charge is -2.09. The van der Waals surface area contributed by atoms with Crippen molar-refractivity contribution in [3.8, 4) is 5.75 Å². The monoisotopic (exact) mass is 347 g/mol. The summed E-state index contributed by atoms with van der Waals surface area (Å²) in [6.07, 6.45) is 3.35. The number of rotatable bonds is 6. The quantitative estimate of drug-likeness (QED) is 0.562. The second-order valence-corrected chi connectivity index (χ2v) is 5.79. The van der Waals surface area contributed by atoms with E-state index in [1.165, 1.54) is 11.9 Å². The van der Waals surface area contributed by atoms with Crippen molar-refractivity contribution >= 4 is 22.8 Å². The summed E-state index contributed by atoms with van der Waals surface area (Å²) in [4.78, 5) is 15.8. The van der Waals surface area contributed by atoms with Gasteiger partial charge >= 0.3 is 0 Å². The number of hydrogen-bond acceptors (Lipinski definition) is 4. The van der Waals surface area contributed by atoms with E-state index in [0.29, 0.717) is 11.7 Å². The van der Waals surface area contributed by atoms with Gasteiger partial charge in [0.1, 0.15) is 12.1 Å². The van der Waals surface area contributed by atoms with Crippen LogP contribution in [0.3, 0.4) is 0 Å². The zero-order valence-electron chi connectivity index (χ0n) is 13.9. The molecule has 130 valence electrons. The minimum atomic E-state index is -0.303. The maximum absolute atomic E-state index is 11.9. The fourth-order valence-corrected chi connectivity index (χ4v) is 2.82. The Bertz CT molecular complexity index is 1010. The maximum atomic E-state index is 11.9. The number of anilines is 1. The molecule has 0 aliphatic carbocycles. The molecular weight excluding hydrogens is 330 g/mol. The Balaban J connectivity index is 1.48. The summed E-state index contributed by atoms with van der Waals surface area (Å²) in [6, 6.07) is 18.1. The summed E-state index contributed by atoms with van der Waals surface area (Å²) in [6.45, 7) is 0.670. The molecule has 1 amide bonds. The number of carbonyl (C=O) groups excluding carboxylic acids is 1. The Morgan fingerprint density at radius 3 is 2.81 bits per heavy atom. The molecule has 0 fully saturated rings. The number of nitrogens with zero attached hydrogens (tertiary/aromatic N) is 3. The highest BCUT2D eigenvalue weighted by atomic mass is 16.5. The highest BCUT2D eigenvalue weighted by Crippen LogP contribution is 2.27. The van der Waals surface area contributed by atoms with Crippen LogP contribution in [0, 0.1) is 0 Å². The maximum Gasteiger partial charge on any atom is 0.264 e. The molecule has 0 unspecified atom stereocenters. The van der Waals surface area contributed by atoms with Gasteiger partial charge in [0.2, 0.25) is 5.95 Å². The van der Waals surface area contributed by atoms with E-state index in [1.807, 2.05) is 48.7 Å². The van der Waals surface area contributed by atoms with E-state index in [9.17, 15) is 4.79 Å². The van der Waals surface area contributed by atoms with Crippen LogP contribution in [0.2, 0.25) is 0 Å². The molecule has 0 bridgehead atoms. The van der Waals surface area contributed by atoms with Gasteiger partial charge in [0.15, 0.2) is 6.61 Å². The third-order valence-corrected chi connectivity index (χ3v) is 4.00. The molecule has 0 aliphatic rings. The van der Waals surface area contributed by atoms with Crippen LogP contribution >= 0.6 is 0 Å². The molecule has 0 saturated heterocycles. The van der Waals surface area contributed by atoms with Gasteiger partial charge in [-0.05, 0) is 23.8 Å². The predicted molar refractivity (Wildman–Crippen MR) is 98.0 cm³/mol. The molecule has 4 aromatic rings. The summed E-state index contributed by atoms with van der Waals surface area (Å²) in [5, 5.41) is 9.80. The molecule has 0 atom stereocenters. The topological polar surface area (TPSA) is 84.8 Å². The van der Waals surface area contributed by atoms with Gasteiger partial charge in [-0.2, -0.15) is 10.1 Å². The van der Waals surface area contributed by atoms with Gasteiger partial charge in [-0.25, -0.2) is 5.10 Å². The van der Waals surface area contributed by atoms with Crippen LogP contribution < -0.4 is 10.1 Å². The highest BCUT2D eigenvalue weighted by molar-refractivity contribution is 5.91. The van der Waals surface area contributed by atoms with Gasteiger partial charge in [-0.15, -0.1) is 0 Å². The van der Waals surface area contributed by atoms with E-state index in [1.54, 1.807) is 0 Å². The molecule has 0 spiro atoms. The first-order valence-corrected chi connectivity index (χ1v) is 8.19. The standard InChI is InChI=1S/C19H17N5O2/c25-18(22-19-20-13-21-23-19)12-26-17-8-4-7-16-15(17)9-10-24(16)11-14-5-2-1-3-6-14/h1-10,13H,11-12H2,(H2,20,21,22,23,25). The van der Waals surface area contributed by atoms with Crippen molar-refractivity contribution in [3.63, 3.8) is 0 Å². The zero-order chi connectivity index (χ0) is 17.8. The molecular formula is C19H17N5O2. The van der Waals surface area contributed by atoms with Gasteiger partial charge in [0, 0.05) is 18.1 Å². The van der Waals surface area contributed by atoms with E-state index >= 15 is 0 Å². The Hall–Kier alpha value is -3.61. The predicted octanol–water partition coefficient (Wildman–Crippen LogP) is 2.83. The van der Waals surface area contributed by atoms with Crippen molar-refractivity contribution in [1.29, 1.82) is 0 Å². The number of benzene rings is 2. The first kappa shape index (κ1) is 15.9. The Kier molecular flexibility index (Phi) is 4.34. The lowest BCUT2D eigenvalue weighted by Crippen LogP contribution is -2.20. The van der Waals surface area contributed by atoms with Gasteiger partial charge in [-0.1, -0.05) is 36.4 Å². The number of aromatic nitrogens is 4. The van der Waals surface area contributed by atoms with E-state index in [2.05, 4.69) is 37.2 Å². The van der Waals surface area contributed by atoms with Crippen molar-refractivity contribution in [2.75, 3.05) is 11.9 Å². The number of fused-ring (bicyclic) bond motifs is 1. The van der Waals surface area contributed by atoms with E-state index < -0.39 is 0 Å². The number of amides is 1. The average Bonchev–Trinajstić information content (AvgIpc) is 3.31. The largest absolute Gasteiger partial charge is 0.483 e. The lowest BCUT2D eigenvalue weighted by atomic mass is 10.2. The third kappa shape index (κ3) is 3.41. The number of ether oxygens (including phenoxy) is 1. The molecule has 0 saturated carbocycles. The smallest absolute Gasteiger partial charge is 0.264 e. The first-order chi connectivity index (χ1) is 12.8. The van der Waals surface area contributed by atoms with Crippen LogP contribution in [0.5, 0.6) is 5.75 Å². The molecule has 2 aromatic heterocycles. The Labute approximate surface area is 149 Å². The molecule has 7 heteroatoms. The summed E-state index contributed by atoms with van der Waals surface area (Å²) in [7, 11) is 0. The van der Waals surface area contributed by atoms with E-state index in [4.69, 9.17) is 4.74 Å². The van der Waals surface area contributed by atoms with Gasteiger partial charge in [0.25, 0.3) is 5.91 Å². The second kappa shape index (κ2) is 7.10. The number of hydrogen-bond donors (Lipinski definition) is 2. The zero-order valence-corrected chi connectivity index (χ0v) is 13.9. The molecule has 4 rings (SSSR count). The fourth-order valence-electron chi connectivity index (χ4n) is 2.82. The first-order valence-electron chi connectivity index (χ1n) is 8.19. The van der Waals surface area contributed by atoms with Gasteiger partial charge < -0.3 is 9.30 Å². The van der Waals surface area contributed by atoms with Crippen LogP contribution in [-0.4, -0.2) is 32.3 Å². The van der Waals surface area contributed by atoms with Gasteiger partial charge in [0.05, 0.1) is 5.52 Å².